The van der Waals surface area contributed by atoms with Crippen LogP contribution in [0.3, 0.4) is 0 Å². The van der Waals surface area contributed by atoms with Crippen molar-refractivity contribution >= 4 is 34.6 Å². The second kappa shape index (κ2) is 6.31. The lowest BCUT2D eigenvalue weighted by atomic mass is 10.2. The van der Waals surface area contributed by atoms with Crippen LogP contribution in [0, 0.1) is 0 Å². The molecule has 3 rings (SSSR count). The lowest BCUT2D eigenvalue weighted by Crippen LogP contribution is -2.05. The molecule has 0 aliphatic rings. The van der Waals surface area contributed by atoms with Gasteiger partial charge in [0.25, 0.3) is 0 Å². The molecule has 0 saturated heterocycles. The third-order valence-electron chi connectivity index (χ3n) is 3.35. The predicted octanol–water partition coefficient (Wildman–Crippen LogP) is 3.52. The highest BCUT2D eigenvalue weighted by Gasteiger charge is 2.18. The van der Waals surface area contributed by atoms with Crippen molar-refractivity contribution in [2.45, 2.75) is 6.92 Å². The molecular formula is C17H16N4O2. The number of anilines is 2. The van der Waals surface area contributed by atoms with E-state index in [1.807, 2.05) is 24.3 Å². The molecule has 0 spiro atoms. The van der Waals surface area contributed by atoms with E-state index >= 15 is 0 Å². The Bertz CT molecular complexity index is 870. The Labute approximate surface area is 133 Å². The number of hydrogen-bond donors (Lipinski definition) is 2. The standard InChI is InChI=1S/C17H16N4O2/c1-3-11-6-5-7-12(8-11)21-16-14-13(17(22)23-4-2)9-18-15(14)19-10-20-16/h3,5-10H,1,4H2,2H3,(H2,18,19,20,21). The van der Waals surface area contributed by atoms with E-state index in [1.165, 1.54) is 6.33 Å². The van der Waals surface area contributed by atoms with Gasteiger partial charge in [0, 0.05) is 11.9 Å². The summed E-state index contributed by atoms with van der Waals surface area (Å²) in [5.41, 5.74) is 2.81. The van der Waals surface area contributed by atoms with Gasteiger partial charge in [-0.05, 0) is 24.6 Å². The summed E-state index contributed by atoms with van der Waals surface area (Å²) in [6.45, 7) is 5.83. The summed E-state index contributed by atoms with van der Waals surface area (Å²) in [6, 6.07) is 7.73. The van der Waals surface area contributed by atoms with Crippen LogP contribution in [-0.2, 0) is 4.74 Å². The summed E-state index contributed by atoms with van der Waals surface area (Å²) >= 11 is 0. The molecule has 0 saturated carbocycles. The number of H-pyrrole nitrogens is 1. The molecule has 0 aliphatic heterocycles. The maximum absolute atomic E-state index is 12.1. The molecule has 0 radical (unpaired) electrons. The molecule has 0 bridgehead atoms. The van der Waals surface area contributed by atoms with Gasteiger partial charge in [0.15, 0.2) is 0 Å². The second-order valence-electron chi connectivity index (χ2n) is 4.82. The summed E-state index contributed by atoms with van der Waals surface area (Å²) in [4.78, 5) is 23.5. The van der Waals surface area contributed by atoms with E-state index < -0.39 is 5.97 Å². The molecule has 2 aromatic heterocycles. The van der Waals surface area contributed by atoms with Gasteiger partial charge in [0.1, 0.15) is 17.8 Å². The quantitative estimate of drug-likeness (QED) is 0.705. The molecule has 116 valence electrons. The fourth-order valence-corrected chi connectivity index (χ4v) is 2.31. The van der Waals surface area contributed by atoms with Crippen molar-refractivity contribution in [2.24, 2.45) is 0 Å². The summed E-state index contributed by atoms with van der Waals surface area (Å²) < 4.78 is 5.08. The summed E-state index contributed by atoms with van der Waals surface area (Å²) in [5.74, 6) is 0.136. The number of carbonyl (C=O) groups excluding carboxylic acids is 1. The first-order valence-electron chi connectivity index (χ1n) is 7.21. The van der Waals surface area contributed by atoms with Gasteiger partial charge in [-0.15, -0.1) is 0 Å². The van der Waals surface area contributed by atoms with Crippen LogP contribution in [-0.4, -0.2) is 27.5 Å². The Morgan fingerprint density at radius 2 is 2.30 bits per heavy atom. The average molecular weight is 308 g/mol. The largest absolute Gasteiger partial charge is 0.462 e. The van der Waals surface area contributed by atoms with Crippen molar-refractivity contribution in [3.63, 3.8) is 0 Å². The first-order chi connectivity index (χ1) is 11.2. The van der Waals surface area contributed by atoms with Gasteiger partial charge >= 0.3 is 5.97 Å². The van der Waals surface area contributed by atoms with Crippen molar-refractivity contribution in [2.75, 3.05) is 11.9 Å². The number of carbonyl (C=O) groups is 1. The normalized spacial score (nSPS) is 10.5. The van der Waals surface area contributed by atoms with Gasteiger partial charge in [0.05, 0.1) is 17.6 Å². The van der Waals surface area contributed by atoms with E-state index in [2.05, 4.69) is 26.8 Å². The molecular weight excluding hydrogens is 292 g/mol. The highest BCUT2D eigenvalue weighted by Crippen LogP contribution is 2.27. The van der Waals surface area contributed by atoms with E-state index in [9.17, 15) is 4.79 Å². The molecule has 1 aromatic carbocycles. The Morgan fingerprint density at radius 3 is 3.09 bits per heavy atom. The number of hydrogen-bond acceptors (Lipinski definition) is 5. The smallest absolute Gasteiger partial charge is 0.340 e. The van der Waals surface area contributed by atoms with Crippen molar-refractivity contribution in [3.8, 4) is 0 Å². The molecule has 2 heterocycles. The van der Waals surface area contributed by atoms with Crippen LogP contribution in [0.15, 0.2) is 43.4 Å². The number of nitrogens with zero attached hydrogens (tertiary/aromatic N) is 2. The third-order valence-corrected chi connectivity index (χ3v) is 3.35. The van der Waals surface area contributed by atoms with Crippen LogP contribution >= 0.6 is 0 Å². The highest BCUT2D eigenvalue weighted by molar-refractivity contribution is 6.07. The lowest BCUT2D eigenvalue weighted by Gasteiger charge is -2.08. The Kier molecular flexibility index (Phi) is 4.05. The van der Waals surface area contributed by atoms with Crippen molar-refractivity contribution in [1.29, 1.82) is 0 Å². The maximum atomic E-state index is 12.1. The molecule has 0 amide bonds. The number of ether oxygens (including phenoxy) is 1. The number of aromatic amines is 1. The van der Waals surface area contributed by atoms with Gasteiger partial charge in [0.2, 0.25) is 0 Å². The number of nitrogens with one attached hydrogen (secondary N) is 2. The predicted molar refractivity (Wildman–Crippen MR) is 89.7 cm³/mol. The Morgan fingerprint density at radius 1 is 1.43 bits per heavy atom. The number of aromatic nitrogens is 3. The molecule has 6 nitrogen and oxygen atoms in total. The average Bonchev–Trinajstić information content (AvgIpc) is 3.00. The molecule has 23 heavy (non-hydrogen) atoms. The summed E-state index contributed by atoms with van der Waals surface area (Å²) in [7, 11) is 0. The van der Waals surface area contributed by atoms with Crippen LogP contribution in [0.1, 0.15) is 22.8 Å². The highest BCUT2D eigenvalue weighted by atomic mass is 16.5. The minimum Gasteiger partial charge on any atom is -0.462 e. The second-order valence-corrected chi connectivity index (χ2v) is 4.82. The van der Waals surface area contributed by atoms with Crippen LogP contribution in [0.2, 0.25) is 0 Å². The first kappa shape index (κ1) is 14.8. The zero-order valence-corrected chi connectivity index (χ0v) is 12.7. The fraction of sp³-hybridized carbons (Fsp3) is 0.118. The van der Waals surface area contributed by atoms with Crippen molar-refractivity contribution in [3.05, 3.63) is 54.5 Å². The van der Waals surface area contributed by atoms with Crippen molar-refractivity contribution in [1.82, 2.24) is 15.0 Å². The van der Waals surface area contributed by atoms with Crippen molar-refractivity contribution < 1.29 is 9.53 Å². The topological polar surface area (TPSA) is 79.9 Å². The molecule has 0 aliphatic carbocycles. The summed E-state index contributed by atoms with van der Waals surface area (Å²) in [5, 5.41) is 3.82. The molecule has 6 heteroatoms. The summed E-state index contributed by atoms with van der Waals surface area (Å²) in [6.07, 6.45) is 4.79. The van der Waals surface area contributed by atoms with Crippen LogP contribution in [0.25, 0.3) is 17.1 Å². The third kappa shape index (κ3) is 2.91. The number of fused-ring (bicyclic) bond motifs is 1. The number of rotatable bonds is 5. The molecule has 2 N–H and O–H groups in total. The maximum Gasteiger partial charge on any atom is 0.340 e. The van der Waals surface area contributed by atoms with E-state index in [1.54, 1.807) is 19.2 Å². The number of esters is 1. The minimum atomic E-state index is -0.406. The lowest BCUT2D eigenvalue weighted by molar-refractivity contribution is 0.0528. The SMILES string of the molecule is C=Cc1cccc(Nc2ncnc3[nH]cc(C(=O)OCC)c23)c1. The van der Waals surface area contributed by atoms with Gasteiger partial charge in [-0.1, -0.05) is 24.8 Å². The Balaban J connectivity index is 2.04. The Hall–Kier alpha value is -3.15. The van der Waals surface area contributed by atoms with Crippen LogP contribution < -0.4 is 5.32 Å². The van der Waals surface area contributed by atoms with Crippen LogP contribution in [0.5, 0.6) is 0 Å². The van der Waals surface area contributed by atoms with Gasteiger partial charge in [-0.25, -0.2) is 14.8 Å². The molecule has 0 fully saturated rings. The van der Waals surface area contributed by atoms with Crippen LogP contribution in [0.4, 0.5) is 11.5 Å². The monoisotopic (exact) mass is 308 g/mol. The first-order valence-corrected chi connectivity index (χ1v) is 7.21. The molecule has 0 unspecified atom stereocenters. The van der Waals surface area contributed by atoms with E-state index in [0.29, 0.717) is 29.0 Å². The fourth-order valence-electron chi connectivity index (χ4n) is 2.31. The molecule has 0 atom stereocenters. The van der Waals surface area contributed by atoms with Gasteiger partial charge < -0.3 is 15.0 Å². The van der Waals surface area contributed by atoms with Gasteiger partial charge in [-0.3, -0.25) is 0 Å². The zero-order valence-electron chi connectivity index (χ0n) is 12.7. The van der Waals surface area contributed by atoms with E-state index in [4.69, 9.17) is 4.74 Å². The molecule has 3 aromatic rings. The van der Waals surface area contributed by atoms with E-state index in [0.717, 1.165) is 11.3 Å². The zero-order chi connectivity index (χ0) is 16.2. The van der Waals surface area contributed by atoms with Gasteiger partial charge in [-0.2, -0.15) is 0 Å². The minimum absolute atomic E-state index is 0.309. The van der Waals surface area contributed by atoms with E-state index in [-0.39, 0.29) is 0 Å². The number of benzene rings is 1.